The summed E-state index contributed by atoms with van der Waals surface area (Å²) in [6.07, 6.45) is 0. The normalized spacial score (nSPS) is 10.1. The summed E-state index contributed by atoms with van der Waals surface area (Å²) >= 11 is 6.09. The Kier molecular flexibility index (Phi) is 3.85. The highest BCUT2D eigenvalue weighted by molar-refractivity contribution is 6.33. The lowest BCUT2D eigenvalue weighted by Gasteiger charge is -2.06. The maximum absolute atomic E-state index is 10.4. The third kappa shape index (κ3) is 3.02. The van der Waals surface area contributed by atoms with Crippen molar-refractivity contribution in [1.29, 1.82) is 0 Å². The molecule has 0 radical (unpaired) electrons. The molecule has 0 bridgehead atoms. The molecule has 0 fully saturated rings. The van der Waals surface area contributed by atoms with Gasteiger partial charge in [0, 0.05) is 10.6 Å². The summed E-state index contributed by atoms with van der Waals surface area (Å²) in [5.41, 5.74) is 1.90. The Hall–Kier alpha value is -2.00. The lowest BCUT2D eigenvalue weighted by molar-refractivity contribution is -0.139. The number of ether oxygens (including phenoxy) is 1. The average Bonchev–Trinajstić information content (AvgIpc) is 2.38. The van der Waals surface area contributed by atoms with E-state index in [0.29, 0.717) is 10.8 Å². The van der Waals surface area contributed by atoms with Crippen LogP contribution in [0, 0.1) is 0 Å². The van der Waals surface area contributed by atoms with Gasteiger partial charge in [-0.2, -0.15) is 0 Å². The summed E-state index contributed by atoms with van der Waals surface area (Å²) < 4.78 is 5.06. The summed E-state index contributed by atoms with van der Waals surface area (Å²) in [5, 5.41) is 9.18. The van der Waals surface area contributed by atoms with Gasteiger partial charge in [-0.25, -0.2) is 4.79 Å². The van der Waals surface area contributed by atoms with Gasteiger partial charge in [-0.3, -0.25) is 0 Å². The number of benzene rings is 2. The lowest BCUT2D eigenvalue weighted by atomic mass is 10.1. The Morgan fingerprint density at radius 3 is 2.39 bits per heavy atom. The number of aliphatic carboxylic acids is 1. The monoisotopic (exact) mass is 262 g/mol. The molecule has 0 aliphatic carbocycles. The third-order valence-electron chi connectivity index (χ3n) is 2.40. The number of rotatable bonds is 4. The number of carboxylic acid groups (broad SMARTS) is 1. The van der Waals surface area contributed by atoms with Crippen molar-refractivity contribution >= 4 is 17.6 Å². The number of hydrogen-bond donors (Lipinski definition) is 1. The molecule has 0 aliphatic heterocycles. The van der Waals surface area contributed by atoms with E-state index in [9.17, 15) is 4.79 Å². The zero-order valence-electron chi connectivity index (χ0n) is 9.47. The second-order valence-corrected chi connectivity index (χ2v) is 4.09. The summed E-state index contributed by atoms with van der Waals surface area (Å²) in [4.78, 5) is 10.4. The molecule has 92 valence electrons. The highest BCUT2D eigenvalue weighted by Gasteiger charge is 2.03. The highest BCUT2D eigenvalue weighted by Crippen LogP contribution is 2.28. The van der Waals surface area contributed by atoms with Crippen LogP contribution >= 0.6 is 11.6 Å². The second kappa shape index (κ2) is 5.56. The van der Waals surface area contributed by atoms with Crippen molar-refractivity contribution < 1.29 is 14.6 Å². The largest absolute Gasteiger partial charge is 0.482 e. The molecule has 0 aliphatic rings. The van der Waals surface area contributed by atoms with Gasteiger partial charge in [0.05, 0.1) is 0 Å². The smallest absolute Gasteiger partial charge is 0.341 e. The van der Waals surface area contributed by atoms with Crippen LogP contribution in [0.1, 0.15) is 0 Å². The fourth-order valence-electron chi connectivity index (χ4n) is 1.57. The van der Waals surface area contributed by atoms with E-state index in [1.54, 1.807) is 12.1 Å². The van der Waals surface area contributed by atoms with Gasteiger partial charge in [-0.15, -0.1) is 0 Å². The molecule has 2 aromatic carbocycles. The number of carboxylic acids is 1. The SMILES string of the molecule is O=C(O)COc1ccc(-c2ccccc2Cl)cc1. The first-order chi connectivity index (χ1) is 8.66. The van der Waals surface area contributed by atoms with Gasteiger partial charge >= 0.3 is 5.97 Å². The first-order valence-electron chi connectivity index (χ1n) is 5.36. The van der Waals surface area contributed by atoms with E-state index < -0.39 is 5.97 Å². The molecule has 0 amide bonds. The van der Waals surface area contributed by atoms with Gasteiger partial charge in [0.25, 0.3) is 0 Å². The van der Waals surface area contributed by atoms with E-state index in [-0.39, 0.29) is 6.61 Å². The number of hydrogen-bond acceptors (Lipinski definition) is 2. The van der Waals surface area contributed by atoms with Gasteiger partial charge in [0.15, 0.2) is 6.61 Å². The standard InChI is InChI=1S/C14H11ClO3/c15-13-4-2-1-3-12(13)10-5-7-11(8-6-10)18-9-14(16)17/h1-8H,9H2,(H,16,17). The van der Waals surface area contributed by atoms with Crippen LogP contribution in [-0.4, -0.2) is 17.7 Å². The molecule has 2 aromatic rings. The molecular weight excluding hydrogens is 252 g/mol. The van der Waals surface area contributed by atoms with Crippen LogP contribution in [0.3, 0.4) is 0 Å². The molecule has 0 unspecified atom stereocenters. The molecule has 2 rings (SSSR count). The maximum atomic E-state index is 10.4. The Morgan fingerprint density at radius 1 is 1.11 bits per heavy atom. The minimum absolute atomic E-state index is 0.342. The van der Waals surface area contributed by atoms with Crippen LogP contribution in [0.15, 0.2) is 48.5 Å². The van der Waals surface area contributed by atoms with Crippen molar-refractivity contribution in [2.45, 2.75) is 0 Å². The van der Waals surface area contributed by atoms with E-state index >= 15 is 0 Å². The molecule has 0 saturated carbocycles. The fourth-order valence-corrected chi connectivity index (χ4v) is 1.82. The van der Waals surface area contributed by atoms with Crippen LogP contribution in [0.4, 0.5) is 0 Å². The van der Waals surface area contributed by atoms with E-state index in [1.165, 1.54) is 0 Å². The summed E-state index contributed by atoms with van der Waals surface area (Å²) in [6.45, 7) is -0.342. The topological polar surface area (TPSA) is 46.5 Å². The Labute approximate surface area is 110 Å². The molecule has 18 heavy (non-hydrogen) atoms. The Balaban J connectivity index is 2.17. The summed E-state index contributed by atoms with van der Waals surface area (Å²) in [7, 11) is 0. The van der Waals surface area contributed by atoms with Crippen LogP contribution in [-0.2, 0) is 4.79 Å². The van der Waals surface area contributed by atoms with Crippen LogP contribution in [0.25, 0.3) is 11.1 Å². The van der Waals surface area contributed by atoms with Crippen molar-refractivity contribution in [3.63, 3.8) is 0 Å². The zero-order chi connectivity index (χ0) is 13.0. The van der Waals surface area contributed by atoms with Crippen LogP contribution < -0.4 is 4.74 Å². The van der Waals surface area contributed by atoms with Gasteiger partial charge in [0.2, 0.25) is 0 Å². The van der Waals surface area contributed by atoms with Gasteiger partial charge in [-0.05, 0) is 23.8 Å². The molecule has 1 N–H and O–H groups in total. The first-order valence-corrected chi connectivity index (χ1v) is 5.74. The van der Waals surface area contributed by atoms with Crippen molar-refractivity contribution in [2.75, 3.05) is 6.61 Å². The zero-order valence-corrected chi connectivity index (χ0v) is 10.2. The van der Waals surface area contributed by atoms with Crippen molar-refractivity contribution in [3.8, 4) is 16.9 Å². The summed E-state index contributed by atoms with van der Waals surface area (Å²) in [6, 6.07) is 14.7. The molecular formula is C14H11ClO3. The predicted octanol–water partition coefficient (Wildman–Crippen LogP) is 3.47. The maximum Gasteiger partial charge on any atom is 0.341 e. The first kappa shape index (κ1) is 12.5. The minimum atomic E-state index is -0.995. The molecule has 0 spiro atoms. The molecule has 0 atom stereocenters. The van der Waals surface area contributed by atoms with Gasteiger partial charge in [-0.1, -0.05) is 41.9 Å². The number of carbonyl (C=O) groups is 1. The Morgan fingerprint density at radius 2 is 1.78 bits per heavy atom. The highest BCUT2D eigenvalue weighted by atomic mass is 35.5. The van der Waals surface area contributed by atoms with Gasteiger partial charge in [0.1, 0.15) is 5.75 Å². The van der Waals surface area contributed by atoms with E-state index in [2.05, 4.69) is 0 Å². The summed E-state index contributed by atoms with van der Waals surface area (Å²) in [5.74, 6) is -0.474. The quantitative estimate of drug-likeness (QED) is 0.918. The van der Waals surface area contributed by atoms with Gasteiger partial charge < -0.3 is 9.84 Å². The minimum Gasteiger partial charge on any atom is -0.482 e. The van der Waals surface area contributed by atoms with E-state index in [4.69, 9.17) is 21.4 Å². The van der Waals surface area contributed by atoms with Crippen molar-refractivity contribution in [1.82, 2.24) is 0 Å². The molecule has 0 heterocycles. The third-order valence-corrected chi connectivity index (χ3v) is 2.73. The Bertz CT molecular complexity index is 549. The number of halogens is 1. The predicted molar refractivity (Wildman–Crippen MR) is 70.0 cm³/mol. The van der Waals surface area contributed by atoms with E-state index in [1.807, 2.05) is 36.4 Å². The fraction of sp³-hybridized carbons (Fsp3) is 0.0714. The van der Waals surface area contributed by atoms with Crippen LogP contribution in [0.2, 0.25) is 5.02 Å². The van der Waals surface area contributed by atoms with E-state index in [0.717, 1.165) is 11.1 Å². The lowest BCUT2D eigenvalue weighted by Crippen LogP contribution is -2.09. The molecule has 0 saturated heterocycles. The average molecular weight is 263 g/mol. The second-order valence-electron chi connectivity index (χ2n) is 3.69. The van der Waals surface area contributed by atoms with Crippen molar-refractivity contribution in [2.24, 2.45) is 0 Å². The molecule has 3 nitrogen and oxygen atoms in total. The molecule has 0 aromatic heterocycles. The molecule has 4 heteroatoms. The van der Waals surface area contributed by atoms with Crippen molar-refractivity contribution in [3.05, 3.63) is 53.6 Å². The van der Waals surface area contributed by atoms with Crippen LogP contribution in [0.5, 0.6) is 5.75 Å².